The van der Waals surface area contributed by atoms with Gasteiger partial charge in [0.2, 0.25) is 23.6 Å². The molecule has 2 atom stereocenters. The summed E-state index contributed by atoms with van der Waals surface area (Å²) >= 11 is 12.1. The lowest BCUT2D eigenvalue weighted by molar-refractivity contribution is -0.136. The lowest BCUT2D eigenvalue weighted by atomic mass is 10.1. The molecule has 0 bridgehead atoms. The number of carbonyl (C=O) groups is 4. The van der Waals surface area contributed by atoms with Crippen molar-refractivity contribution in [1.82, 2.24) is 30.2 Å². The molecule has 0 aliphatic rings. The summed E-state index contributed by atoms with van der Waals surface area (Å²) in [7, 11) is 13.8. The molecule has 2 aromatic rings. The minimum absolute atomic E-state index is 0. The highest BCUT2D eigenvalue weighted by Crippen LogP contribution is 2.15. The maximum atomic E-state index is 12.3. The van der Waals surface area contributed by atoms with E-state index in [1.807, 2.05) is 36.4 Å². The second-order valence-corrected chi connectivity index (χ2v) is 11.4. The van der Waals surface area contributed by atoms with Gasteiger partial charge in [-0.3, -0.25) is 29.0 Å². The number of rotatable bonds is 12. The SMILES string of the molecule is CN(C)C(=O)C(CC(=O)NCc1ccccc1Cl)N(C)C.CN(C)C(=O)CC(C(=O)NCc1ccccc1Cl)N(C)C.O. The van der Waals surface area contributed by atoms with E-state index in [9.17, 15) is 19.2 Å². The Morgan fingerprint density at radius 3 is 1.49 bits per heavy atom. The van der Waals surface area contributed by atoms with E-state index in [2.05, 4.69) is 10.6 Å². The molecule has 0 saturated carbocycles. The van der Waals surface area contributed by atoms with Crippen molar-refractivity contribution in [3.05, 3.63) is 69.7 Å². The van der Waals surface area contributed by atoms with E-state index in [1.165, 1.54) is 9.80 Å². The molecule has 0 heterocycles. The van der Waals surface area contributed by atoms with Gasteiger partial charge >= 0.3 is 0 Å². The van der Waals surface area contributed by atoms with Crippen molar-refractivity contribution in [2.45, 2.75) is 38.0 Å². The van der Waals surface area contributed by atoms with Gasteiger partial charge in [-0.25, -0.2) is 0 Å². The van der Waals surface area contributed by atoms with Gasteiger partial charge in [0.05, 0.1) is 24.9 Å². The minimum atomic E-state index is -0.498. The van der Waals surface area contributed by atoms with Gasteiger partial charge in [0, 0.05) is 51.3 Å². The van der Waals surface area contributed by atoms with E-state index in [0.29, 0.717) is 23.1 Å². The van der Waals surface area contributed by atoms with Crippen molar-refractivity contribution in [3.63, 3.8) is 0 Å². The molecule has 0 aliphatic heterocycles. The molecule has 0 saturated heterocycles. The average molecular weight is 642 g/mol. The second-order valence-electron chi connectivity index (χ2n) is 10.6. The van der Waals surface area contributed by atoms with E-state index >= 15 is 0 Å². The average Bonchev–Trinajstić information content (AvgIpc) is 2.92. The van der Waals surface area contributed by atoms with Crippen molar-refractivity contribution in [2.75, 3.05) is 56.4 Å². The molecular formula is C30H46Cl2N6O5. The molecule has 2 rings (SSSR count). The zero-order valence-corrected chi connectivity index (χ0v) is 27.8. The van der Waals surface area contributed by atoms with Gasteiger partial charge in [0.1, 0.15) is 0 Å². The van der Waals surface area contributed by atoms with Gasteiger partial charge in [-0.1, -0.05) is 59.6 Å². The van der Waals surface area contributed by atoms with Crippen molar-refractivity contribution >= 4 is 46.8 Å². The summed E-state index contributed by atoms with van der Waals surface area (Å²) in [4.78, 5) is 54.6. The van der Waals surface area contributed by atoms with Crippen LogP contribution in [0.4, 0.5) is 0 Å². The maximum Gasteiger partial charge on any atom is 0.239 e. The standard InChI is InChI=1S/2C15H22ClN3O2.H2O/c1-18(2)13(9-14(20)19(3)4)15(21)17-10-11-7-5-6-8-12(11)16;1-18(2)13(15(21)19(3)4)9-14(20)17-10-11-7-5-6-8-12(11)16;/h5-8,13H,9-10H2,1-4H3,(H,17,21);5-8,13H,9-10H2,1-4H3,(H,17,20);1H2. The zero-order valence-electron chi connectivity index (χ0n) is 26.3. The topological polar surface area (TPSA) is 137 Å². The third-order valence-corrected chi connectivity index (χ3v) is 7.10. The van der Waals surface area contributed by atoms with Gasteiger partial charge in [-0.15, -0.1) is 0 Å². The smallest absolute Gasteiger partial charge is 0.239 e. The molecule has 240 valence electrons. The molecule has 0 fully saturated rings. The van der Waals surface area contributed by atoms with Crippen LogP contribution in [0.15, 0.2) is 48.5 Å². The third kappa shape index (κ3) is 14.2. The Bertz CT molecular complexity index is 1190. The van der Waals surface area contributed by atoms with Gasteiger partial charge in [-0.2, -0.15) is 0 Å². The lowest BCUT2D eigenvalue weighted by Crippen LogP contribution is -2.46. The van der Waals surface area contributed by atoms with Gasteiger partial charge in [-0.05, 0) is 51.5 Å². The van der Waals surface area contributed by atoms with Crippen LogP contribution in [0.2, 0.25) is 10.0 Å². The number of nitrogens with one attached hydrogen (secondary N) is 2. The monoisotopic (exact) mass is 640 g/mol. The first-order chi connectivity index (χ1) is 19.6. The summed E-state index contributed by atoms with van der Waals surface area (Å²) in [5.74, 6) is -0.534. The summed E-state index contributed by atoms with van der Waals surface area (Å²) in [5, 5.41) is 6.86. The molecule has 4 N–H and O–H groups in total. The largest absolute Gasteiger partial charge is 0.412 e. The third-order valence-electron chi connectivity index (χ3n) is 6.37. The van der Waals surface area contributed by atoms with Crippen LogP contribution in [0.5, 0.6) is 0 Å². The fraction of sp³-hybridized carbons (Fsp3) is 0.467. The molecule has 2 aromatic carbocycles. The molecule has 13 heteroatoms. The van der Waals surface area contributed by atoms with Crippen molar-refractivity contribution < 1.29 is 24.7 Å². The first-order valence-electron chi connectivity index (χ1n) is 13.4. The van der Waals surface area contributed by atoms with Crippen LogP contribution in [-0.4, -0.2) is 117 Å². The molecule has 4 amide bonds. The van der Waals surface area contributed by atoms with Crippen LogP contribution < -0.4 is 10.6 Å². The fourth-order valence-corrected chi connectivity index (χ4v) is 4.08. The Morgan fingerprint density at radius 2 is 1.09 bits per heavy atom. The van der Waals surface area contributed by atoms with Crippen LogP contribution in [0.25, 0.3) is 0 Å². The summed E-state index contributed by atoms with van der Waals surface area (Å²) in [5.41, 5.74) is 1.71. The molecule has 43 heavy (non-hydrogen) atoms. The minimum Gasteiger partial charge on any atom is -0.412 e. The normalized spacial score (nSPS) is 11.8. The first kappa shape index (κ1) is 39.8. The van der Waals surface area contributed by atoms with Crippen LogP contribution in [-0.2, 0) is 32.3 Å². The van der Waals surface area contributed by atoms with Gasteiger partial charge in [0.15, 0.2) is 0 Å². The molecule has 11 nitrogen and oxygen atoms in total. The van der Waals surface area contributed by atoms with E-state index in [-0.39, 0.29) is 41.9 Å². The number of likely N-dealkylation sites (N-methyl/N-ethyl adjacent to an activating group) is 3. The van der Waals surface area contributed by atoms with Crippen LogP contribution in [0, 0.1) is 0 Å². The summed E-state index contributed by atoms with van der Waals surface area (Å²) < 4.78 is 0. The van der Waals surface area contributed by atoms with Crippen molar-refractivity contribution in [2.24, 2.45) is 0 Å². The number of carbonyl (C=O) groups excluding carboxylic acids is 4. The van der Waals surface area contributed by atoms with E-state index < -0.39 is 12.1 Å². The second kappa shape index (κ2) is 19.9. The highest BCUT2D eigenvalue weighted by molar-refractivity contribution is 6.31. The number of halogens is 2. The molecule has 0 radical (unpaired) electrons. The van der Waals surface area contributed by atoms with Crippen LogP contribution in [0.1, 0.15) is 24.0 Å². The predicted octanol–water partition coefficient (Wildman–Crippen LogP) is 1.90. The maximum absolute atomic E-state index is 12.3. The quantitative estimate of drug-likeness (QED) is 0.364. The Kier molecular flexibility index (Phi) is 18.4. The van der Waals surface area contributed by atoms with Gasteiger partial charge in [0.25, 0.3) is 0 Å². The number of hydrogen-bond acceptors (Lipinski definition) is 6. The molecule has 2 unspecified atom stereocenters. The Morgan fingerprint density at radius 1 is 0.651 bits per heavy atom. The van der Waals surface area contributed by atoms with Gasteiger partial charge < -0.3 is 25.9 Å². The molecular weight excluding hydrogens is 595 g/mol. The first-order valence-corrected chi connectivity index (χ1v) is 14.2. The Hall–Kier alpha value is -3.22. The van der Waals surface area contributed by atoms with Crippen molar-refractivity contribution in [3.8, 4) is 0 Å². The van der Waals surface area contributed by atoms with Crippen LogP contribution in [0.3, 0.4) is 0 Å². The number of nitrogens with zero attached hydrogens (tertiary/aromatic N) is 4. The predicted molar refractivity (Wildman–Crippen MR) is 172 cm³/mol. The number of hydrogen-bond donors (Lipinski definition) is 2. The number of benzene rings is 2. The summed E-state index contributed by atoms with van der Waals surface area (Å²) in [6.07, 6.45) is 0.267. The summed E-state index contributed by atoms with van der Waals surface area (Å²) in [6, 6.07) is 13.7. The highest BCUT2D eigenvalue weighted by atomic mass is 35.5. The van der Waals surface area contributed by atoms with E-state index in [4.69, 9.17) is 23.2 Å². The van der Waals surface area contributed by atoms with E-state index in [0.717, 1.165) is 11.1 Å². The molecule has 0 aromatic heterocycles. The lowest BCUT2D eigenvalue weighted by Gasteiger charge is -2.25. The Labute approximate surface area is 265 Å². The summed E-state index contributed by atoms with van der Waals surface area (Å²) in [6.45, 7) is 0.702. The molecule has 0 spiro atoms. The van der Waals surface area contributed by atoms with E-state index in [1.54, 1.807) is 78.3 Å². The van der Waals surface area contributed by atoms with Crippen molar-refractivity contribution in [1.29, 1.82) is 0 Å². The number of amides is 4. The highest BCUT2D eigenvalue weighted by Gasteiger charge is 2.26. The Balaban J connectivity index is 0.000000802. The zero-order chi connectivity index (χ0) is 32.0. The molecule has 0 aliphatic carbocycles. The van der Waals surface area contributed by atoms with Crippen LogP contribution >= 0.6 is 23.2 Å². The fourth-order valence-electron chi connectivity index (χ4n) is 3.67.